The highest BCUT2D eigenvalue weighted by Gasteiger charge is 2.33. The Labute approximate surface area is 234 Å². The Kier molecular flexibility index (Phi) is 8.79. The van der Waals surface area contributed by atoms with Crippen molar-refractivity contribution in [3.05, 3.63) is 136 Å². The molecular formula is C34H18F3NOS. The third-order valence-corrected chi connectivity index (χ3v) is 6.18. The van der Waals surface area contributed by atoms with E-state index >= 15 is 0 Å². The summed E-state index contributed by atoms with van der Waals surface area (Å²) in [6.45, 7) is 1.50. The molecule has 4 aromatic rings. The number of nitriles is 1. The van der Waals surface area contributed by atoms with Gasteiger partial charge >= 0.3 is 6.18 Å². The molecule has 4 aromatic carbocycles. The maximum atomic E-state index is 13.8. The van der Waals surface area contributed by atoms with E-state index in [-0.39, 0.29) is 21.8 Å². The monoisotopic (exact) mass is 545 g/mol. The summed E-state index contributed by atoms with van der Waals surface area (Å²) in [5.41, 5.74) is 1.71. The Morgan fingerprint density at radius 2 is 1.18 bits per heavy atom. The first-order valence-electron chi connectivity index (χ1n) is 11.9. The van der Waals surface area contributed by atoms with E-state index < -0.39 is 11.7 Å². The summed E-state index contributed by atoms with van der Waals surface area (Å²) in [5.74, 6) is 16.9. The molecule has 0 aliphatic rings. The van der Waals surface area contributed by atoms with E-state index in [2.05, 4.69) is 41.6 Å². The summed E-state index contributed by atoms with van der Waals surface area (Å²) < 4.78 is 41.3. The van der Waals surface area contributed by atoms with Gasteiger partial charge in [0.1, 0.15) is 6.07 Å². The van der Waals surface area contributed by atoms with E-state index in [0.29, 0.717) is 16.7 Å². The normalized spacial score (nSPS) is 10.1. The minimum absolute atomic E-state index is 0.00277. The van der Waals surface area contributed by atoms with Crippen molar-refractivity contribution in [2.75, 3.05) is 0 Å². The van der Waals surface area contributed by atoms with Crippen LogP contribution in [-0.4, -0.2) is 5.12 Å². The third kappa shape index (κ3) is 7.69. The van der Waals surface area contributed by atoms with Crippen LogP contribution in [0.4, 0.5) is 13.2 Å². The fraction of sp³-hybridized carbons (Fsp3) is 0.0588. The van der Waals surface area contributed by atoms with Crippen molar-refractivity contribution >= 4 is 16.9 Å². The van der Waals surface area contributed by atoms with Crippen LogP contribution in [0.1, 0.15) is 51.4 Å². The maximum Gasteiger partial charge on any atom is 0.417 e. The SMILES string of the molecule is CC(=O)Sc1ccc(C#Cc2ccc(C#Cc3ccc(C#Cc4ccccc4)c(C(F)(F)F)c3)c(C#N)c2)cc1. The van der Waals surface area contributed by atoms with Crippen molar-refractivity contribution < 1.29 is 18.0 Å². The molecule has 0 spiro atoms. The molecule has 0 aromatic heterocycles. The Balaban J connectivity index is 1.58. The van der Waals surface area contributed by atoms with Crippen LogP contribution in [0.15, 0.2) is 95.9 Å². The van der Waals surface area contributed by atoms with E-state index in [9.17, 15) is 23.2 Å². The number of rotatable bonds is 1. The van der Waals surface area contributed by atoms with Gasteiger partial charge in [0.05, 0.1) is 11.1 Å². The van der Waals surface area contributed by atoms with Gasteiger partial charge in [-0.05, 0) is 72.8 Å². The quantitative estimate of drug-likeness (QED) is 0.185. The van der Waals surface area contributed by atoms with Gasteiger partial charge in [-0.2, -0.15) is 18.4 Å². The Morgan fingerprint density at radius 3 is 1.82 bits per heavy atom. The van der Waals surface area contributed by atoms with Gasteiger partial charge in [0.2, 0.25) is 0 Å². The molecule has 0 N–H and O–H groups in total. The number of carbonyl (C=O) groups is 1. The summed E-state index contributed by atoms with van der Waals surface area (Å²) in [7, 11) is 0. The van der Waals surface area contributed by atoms with E-state index in [1.54, 1.807) is 60.7 Å². The number of nitrogens with zero attached hydrogens (tertiary/aromatic N) is 1. The summed E-state index contributed by atoms with van der Waals surface area (Å²) in [6.07, 6.45) is -4.61. The molecular weight excluding hydrogens is 527 g/mol. The van der Waals surface area contributed by atoms with Gasteiger partial charge in [0.15, 0.2) is 5.12 Å². The molecule has 0 aliphatic heterocycles. The van der Waals surface area contributed by atoms with Crippen molar-refractivity contribution in [3.63, 3.8) is 0 Å². The fourth-order valence-electron chi connectivity index (χ4n) is 3.51. The fourth-order valence-corrected chi connectivity index (χ4v) is 4.11. The van der Waals surface area contributed by atoms with Crippen LogP contribution in [0.5, 0.6) is 0 Å². The van der Waals surface area contributed by atoms with Crippen LogP contribution in [0, 0.1) is 46.9 Å². The zero-order valence-corrected chi connectivity index (χ0v) is 21.9. The highest BCUT2D eigenvalue weighted by Crippen LogP contribution is 2.32. The molecule has 192 valence electrons. The minimum Gasteiger partial charge on any atom is -0.287 e. The van der Waals surface area contributed by atoms with Gasteiger partial charge in [-0.3, -0.25) is 4.79 Å². The first-order chi connectivity index (χ1) is 19.2. The summed E-state index contributed by atoms with van der Waals surface area (Å²) in [4.78, 5) is 12.0. The molecule has 4 rings (SSSR count). The van der Waals surface area contributed by atoms with Crippen molar-refractivity contribution in [2.24, 2.45) is 0 Å². The predicted octanol–water partition coefficient (Wildman–Crippen LogP) is 7.42. The number of halogens is 3. The molecule has 0 amide bonds. The minimum atomic E-state index is -4.61. The molecule has 0 radical (unpaired) electrons. The van der Waals surface area contributed by atoms with Crippen LogP contribution in [0.3, 0.4) is 0 Å². The van der Waals surface area contributed by atoms with Crippen molar-refractivity contribution in [1.29, 1.82) is 5.26 Å². The number of alkyl halides is 3. The number of hydrogen-bond acceptors (Lipinski definition) is 3. The van der Waals surface area contributed by atoms with Crippen LogP contribution < -0.4 is 0 Å². The van der Waals surface area contributed by atoms with Crippen LogP contribution in [0.25, 0.3) is 0 Å². The highest BCUT2D eigenvalue weighted by atomic mass is 32.2. The van der Waals surface area contributed by atoms with Gasteiger partial charge < -0.3 is 0 Å². The number of benzene rings is 4. The second kappa shape index (κ2) is 12.6. The number of carbonyl (C=O) groups excluding carboxylic acids is 1. The molecule has 0 atom stereocenters. The lowest BCUT2D eigenvalue weighted by Gasteiger charge is -2.09. The van der Waals surface area contributed by atoms with Gasteiger partial charge in [-0.1, -0.05) is 65.5 Å². The highest BCUT2D eigenvalue weighted by molar-refractivity contribution is 8.13. The van der Waals surface area contributed by atoms with Crippen LogP contribution in [-0.2, 0) is 11.0 Å². The molecule has 40 heavy (non-hydrogen) atoms. The van der Waals surface area contributed by atoms with Crippen LogP contribution >= 0.6 is 11.8 Å². The van der Waals surface area contributed by atoms with Gasteiger partial charge in [0, 0.05) is 45.2 Å². The topological polar surface area (TPSA) is 40.9 Å². The van der Waals surface area contributed by atoms with E-state index in [1.165, 1.54) is 19.1 Å². The summed E-state index contributed by atoms with van der Waals surface area (Å²) in [5, 5.41) is 9.61. The summed E-state index contributed by atoms with van der Waals surface area (Å²) >= 11 is 1.14. The van der Waals surface area contributed by atoms with Crippen molar-refractivity contribution in [1.82, 2.24) is 0 Å². The molecule has 0 unspecified atom stereocenters. The molecule has 0 heterocycles. The lowest BCUT2D eigenvalue weighted by Crippen LogP contribution is -2.08. The van der Waals surface area contributed by atoms with Crippen molar-refractivity contribution in [2.45, 2.75) is 18.0 Å². The standard InChI is InChI=1S/C34H18F3NOS/c1-24(39)40-32-19-13-26(14-20-32)7-8-27-10-15-29(31(21-27)23-38)16-11-28-12-18-30(33(22-28)34(35,36)37)17-9-25-5-3-2-4-6-25/h2-6,10,12-15,18-22H,1H3. The largest absolute Gasteiger partial charge is 0.417 e. The van der Waals surface area contributed by atoms with Gasteiger partial charge in [-0.15, -0.1) is 0 Å². The summed E-state index contributed by atoms with van der Waals surface area (Å²) in [6, 6.07) is 26.7. The smallest absolute Gasteiger partial charge is 0.287 e. The second-order valence-electron chi connectivity index (χ2n) is 8.36. The maximum absolute atomic E-state index is 13.8. The Bertz CT molecular complexity index is 1800. The average Bonchev–Trinajstić information content (AvgIpc) is 2.94. The second-order valence-corrected chi connectivity index (χ2v) is 9.61. The zero-order chi connectivity index (χ0) is 28.5. The number of hydrogen-bond donors (Lipinski definition) is 0. The molecule has 0 bridgehead atoms. The van der Waals surface area contributed by atoms with Crippen LogP contribution in [0.2, 0.25) is 0 Å². The number of thioether (sulfide) groups is 1. The van der Waals surface area contributed by atoms with Gasteiger partial charge in [-0.25, -0.2) is 0 Å². The molecule has 0 aliphatic carbocycles. The van der Waals surface area contributed by atoms with E-state index in [1.807, 2.05) is 12.1 Å². The van der Waals surface area contributed by atoms with Crippen molar-refractivity contribution in [3.8, 4) is 41.6 Å². The Morgan fingerprint density at radius 1 is 0.650 bits per heavy atom. The molecule has 0 saturated carbocycles. The zero-order valence-electron chi connectivity index (χ0n) is 21.1. The Hall–Kier alpha value is -5.14. The lowest BCUT2D eigenvalue weighted by molar-refractivity contribution is -0.137. The molecule has 2 nitrogen and oxygen atoms in total. The molecule has 0 saturated heterocycles. The molecule has 0 fully saturated rings. The lowest BCUT2D eigenvalue weighted by atomic mass is 10.0. The molecule has 6 heteroatoms. The average molecular weight is 546 g/mol. The van der Waals surface area contributed by atoms with E-state index in [4.69, 9.17) is 0 Å². The van der Waals surface area contributed by atoms with Gasteiger partial charge in [0.25, 0.3) is 0 Å². The third-order valence-electron chi connectivity index (χ3n) is 5.39. The predicted molar refractivity (Wildman–Crippen MR) is 150 cm³/mol. The van der Waals surface area contributed by atoms with E-state index in [0.717, 1.165) is 28.3 Å². The first-order valence-corrected chi connectivity index (χ1v) is 12.7. The first kappa shape index (κ1) is 27.9.